The van der Waals surface area contributed by atoms with Gasteiger partial charge < -0.3 is 17.4 Å². The molecular weight excluding hydrogens is 1230 g/mol. The molecule has 14 rings (SSSR count). The minimum atomic E-state index is 0. The van der Waals surface area contributed by atoms with Crippen LogP contribution in [0.3, 0.4) is 0 Å². The molecule has 14 aromatic rings. The van der Waals surface area contributed by atoms with E-state index in [-0.39, 0.29) is 27.5 Å². The van der Waals surface area contributed by atoms with Crippen LogP contribution in [0.1, 0.15) is 5.56 Å². The Balaban J connectivity index is 0.00000369. The molecule has 0 amide bonds. The van der Waals surface area contributed by atoms with Crippen LogP contribution in [0, 0.1) is 26.5 Å². The summed E-state index contributed by atoms with van der Waals surface area (Å²) in [6, 6.07) is 108. The first-order valence-corrected chi connectivity index (χ1v) is 28.7. The van der Waals surface area contributed by atoms with Crippen molar-refractivity contribution in [3.8, 4) is 145 Å². The SMILES string of the molecule is Cc1cc(-c2cc(-c3ccccc3)c(-c3ccccc3-c3cc(-c4ccccc4-c4c[c-]c(-c5ccccn5)cc4-c4ccccc4)cc(-c4ccccc4-c4c[c-]c(-c5ccccn5)cc4-c4ccccc4)c3)cn2)ncc1-c1ccccc1.[CH3-].[Ir+3]. The third kappa shape index (κ3) is 11.7. The fourth-order valence-corrected chi connectivity index (χ4v) is 11.8. The van der Waals surface area contributed by atoms with Crippen molar-refractivity contribution in [1.82, 2.24) is 19.9 Å². The van der Waals surface area contributed by atoms with Crippen LogP contribution >= 0.6 is 0 Å². The Bertz CT molecular complexity index is 4500. The van der Waals surface area contributed by atoms with Crippen molar-refractivity contribution in [2.45, 2.75) is 6.92 Å². The monoisotopic (exact) mass is 1290 g/mol. The van der Waals surface area contributed by atoms with Crippen LogP contribution in [0.4, 0.5) is 0 Å². The van der Waals surface area contributed by atoms with E-state index in [0.717, 1.165) is 151 Å². The van der Waals surface area contributed by atoms with E-state index in [1.165, 1.54) is 0 Å². The second-order valence-corrected chi connectivity index (χ2v) is 21.2. The van der Waals surface area contributed by atoms with Crippen molar-refractivity contribution in [2.24, 2.45) is 0 Å². The maximum absolute atomic E-state index is 5.25. The number of rotatable bonds is 13. The molecule has 0 spiro atoms. The minimum Gasteiger partial charge on any atom is -0.358 e. The van der Waals surface area contributed by atoms with Crippen molar-refractivity contribution in [1.29, 1.82) is 0 Å². The van der Waals surface area contributed by atoms with Crippen LogP contribution in [0.15, 0.2) is 310 Å². The maximum atomic E-state index is 5.25. The van der Waals surface area contributed by atoms with Gasteiger partial charge in [-0.3, -0.25) is 9.97 Å². The van der Waals surface area contributed by atoms with Crippen molar-refractivity contribution >= 4 is 0 Å². The number of benzene rings is 10. The average Bonchev–Trinajstić information content (AvgIpc) is 2.18. The van der Waals surface area contributed by atoms with Gasteiger partial charge in [-0.05, 0) is 133 Å². The number of pyridine rings is 4. The van der Waals surface area contributed by atoms with Gasteiger partial charge in [0.05, 0.1) is 11.4 Å². The number of hydrogen-bond acceptors (Lipinski definition) is 4. The smallest absolute Gasteiger partial charge is 0.358 e. The third-order valence-electron chi connectivity index (χ3n) is 15.9. The summed E-state index contributed by atoms with van der Waals surface area (Å²) in [5.41, 5.74) is 28.0. The average molecular weight is 1290 g/mol. The standard InChI is InChI=1S/C81H54N4.CH3.Ir/c1-55-46-80(84-53-76(55)59-30-12-5-13-31-59)81-52-75(58-28-10-4-11-29-58)77(54-85-81)70-37-19-16-34-67(70)64-48-62(65-32-14-17-35-68(65)71-42-40-60(78-38-20-22-44-82-78)50-73(71)56-24-6-2-7-25-56)47-63(49-64)66-33-15-18-36-69(66)72-43-41-61(79-39-21-23-45-83-79)51-74(72)57-26-8-3-9-27-57;;/h2-39,42-54H,1H3;1H3;/q-2;-1;+3. The summed E-state index contributed by atoms with van der Waals surface area (Å²) in [7, 11) is 0. The number of aromatic nitrogens is 4. The van der Waals surface area contributed by atoms with Gasteiger partial charge in [0.25, 0.3) is 0 Å². The van der Waals surface area contributed by atoms with Gasteiger partial charge in [0.15, 0.2) is 0 Å². The van der Waals surface area contributed by atoms with E-state index >= 15 is 0 Å². The van der Waals surface area contributed by atoms with Crippen molar-refractivity contribution in [3.63, 3.8) is 0 Å². The van der Waals surface area contributed by atoms with Gasteiger partial charge in [-0.1, -0.05) is 252 Å². The fourth-order valence-electron chi connectivity index (χ4n) is 11.8. The summed E-state index contributed by atoms with van der Waals surface area (Å²) in [5.74, 6) is 0. The molecule has 0 bridgehead atoms. The van der Waals surface area contributed by atoms with E-state index in [1.54, 1.807) is 0 Å². The molecule has 0 unspecified atom stereocenters. The maximum Gasteiger partial charge on any atom is 3.00 e. The molecule has 0 saturated carbocycles. The summed E-state index contributed by atoms with van der Waals surface area (Å²) in [6.07, 6.45) is 7.70. The molecule has 0 fully saturated rings. The molecule has 87 heavy (non-hydrogen) atoms. The Kier molecular flexibility index (Phi) is 16.8. The molecule has 0 saturated heterocycles. The quantitative estimate of drug-likeness (QED) is 0.108. The topological polar surface area (TPSA) is 51.6 Å². The zero-order chi connectivity index (χ0) is 56.9. The molecule has 4 heterocycles. The van der Waals surface area contributed by atoms with Gasteiger partial charge in [-0.2, -0.15) is 0 Å². The first kappa shape index (κ1) is 56.9. The first-order chi connectivity index (χ1) is 42.1. The van der Waals surface area contributed by atoms with Crippen LogP contribution in [-0.2, 0) is 20.1 Å². The molecule has 0 atom stereocenters. The normalized spacial score (nSPS) is 10.9. The summed E-state index contributed by atoms with van der Waals surface area (Å²) in [4.78, 5) is 19.8. The van der Waals surface area contributed by atoms with E-state index in [0.29, 0.717) is 0 Å². The van der Waals surface area contributed by atoms with Gasteiger partial charge in [0, 0.05) is 35.9 Å². The second kappa shape index (κ2) is 25.7. The van der Waals surface area contributed by atoms with Crippen LogP contribution < -0.4 is 0 Å². The number of nitrogens with zero attached hydrogens (tertiary/aromatic N) is 4. The van der Waals surface area contributed by atoms with E-state index in [1.807, 2.05) is 67.3 Å². The van der Waals surface area contributed by atoms with E-state index < -0.39 is 0 Å². The van der Waals surface area contributed by atoms with Gasteiger partial charge in [-0.25, -0.2) is 0 Å². The molecule has 0 aliphatic heterocycles. The van der Waals surface area contributed by atoms with Crippen LogP contribution in [-0.4, -0.2) is 19.9 Å². The zero-order valence-corrected chi connectivity index (χ0v) is 50.5. The van der Waals surface area contributed by atoms with Gasteiger partial charge >= 0.3 is 20.1 Å². The Hall–Kier alpha value is -10.6. The van der Waals surface area contributed by atoms with Crippen molar-refractivity contribution in [3.05, 3.63) is 335 Å². The van der Waals surface area contributed by atoms with Crippen molar-refractivity contribution < 1.29 is 20.1 Å². The van der Waals surface area contributed by atoms with Crippen molar-refractivity contribution in [2.75, 3.05) is 0 Å². The first-order valence-electron chi connectivity index (χ1n) is 28.7. The van der Waals surface area contributed by atoms with Crippen LogP contribution in [0.5, 0.6) is 0 Å². The Labute approximate surface area is 523 Å². The van der Waals surface area contributed by atoms with Crippen LogP contribution in [0.2, 0.25) is 0 Å². The molecular formula is C82H57IrN4. The van der Waals surface area contributed by atoms with Crippen LogP contribution in [0.25, 0.3) is 145 Å². The van der Waals surface area contributed by atoms with E-state index in [9.17, 15) is 0 Å². The Morgan fingerprint density at radius 2 is 0.563 bits per heavy atom. The molecule has 5 heteroatoms. The van der Waals surface area contributed by atoms with Gasteiger partial charge in [-0.15, -0.1) is 47.5 Å². The molecule has 10 aromatic carbocycles. The molecule has 0 radical (unpaired) electrons. The minimum absolute atomic E-state index is 0. The summed E-state index contributed by atoms with van der Waals surface area (Å²) in [5, 5.41) is 0. The second-order valence-electron chi connectivity index (χ2n) is 21.2. The fraction of sp³-hybridized carbons (Fsp3) is 0.0122. The van der Waals surface area contributed by atoms with Gasteiger partial charge in [0.2, 0.25) is 0 Å². The van der Waals surface area contributed by atoms with Gasteiger partial charge in [0.1, 0.15) is 0 Å². The molecule has 414 valence electrons. The predicted octanol–water partition coefficient (Wildman–Crippen LogP) is 21.3. The Morgan fingerprint density at radius 3 is 0.943 bits per heavy atom. The zero-order valence-electron chi connectivity index (χ0n) is 48.1. The molecule has 4 nitrogen and oxygen atoms in total. The largest absolute Gasteiger partial charge is 3.00 e. The molecule has 0 N–H and O–H groups in total. The molecule has 0 aliphatic carbocycles. The molecule has 0 aliphatic rings. The predicted molar refractivity (Wildman–Crippen MR) is 357 cm³/mol. The number of aryl methyl sites for hydroxylation is 1. The number of hydrogen-bond donors (Lipinski definition) is 0. The summed E-state index contributed by atoms with van der Waals surface area (Å²) >= 11 is 0. The third-order valence-corrected chi connectivity index (χ3v) is 15.9. The summed E-state index contributed by atoms with van der Waals surface area (Å²) < 4.78 is 0. The van der Waals surface area contributed by atoms with E-state index in [2.05, 4.69) is 262 Å². The van der Waals surface area contributed by atoms with E-state index in [4.69, 9.17) is 19.9 Å². The summed E-state index contributed by atoms with van der Waals surface area (Å²) in [6.45, 7) is 2.15. The Morgan fingerprint density at radius 1 is 0.241 bits per heavy atom. The molecule has 4 aromatic heterocycles.